The Morgan fingerprint density at radius 2 is 2.05 bits per heavy atom. The SMILES string of the molecule is CC(C)CN(CC(N)=O)C(=O)c1cccn1CC(=O)O. The van der Waals surface area contributed by atoms with Crippen LogP contribution in [-0.4, -0.2) is 45.4 Å². The summed E-state index contributed by atoms with van der Waals surface area (Å²) in [5.74, 6) is -1.87. The maximum atomic E-state index is 12.4. The first-order chi connectivity index (χ1) is 9.31. The number of nitrogens with zero attached hydrogens (tertiary/aromatic N) is 2. The summed E-state index contributed by atoms with van der Waals surface area (Å²) >= 11 is 0. The van der Waals surface area contributed by atoms with E-state index in [1.54, 1.807) is 6.07 Å². The first-order valence-corrected chi connectivity index (χ1v) is 6.25. The summed E-state index contributed by atoms with van der Waals surface area (Å²) < 4.78 is 1.33. The minimum absolute atomic E-state index is 0.168. The second kappa shape index (κ2) is 6.74. The Labute approximate surface area is 117 Å². The molecule has 0 spiro atoms. The van der Waals surface area contributed by atoms with E-state index in [4.69, 9.17) is 10.8 Å². The van der Waals surface area contributed by atoms with Gasteiger partial charge < -0.3 is 20.3 Å². The van der Waals surface area contributed by atoms with Gasteiger partial charge in [0.2, 0.25) is 5.91 Å². The van der Waals surface area contributed by atoms with E-state index in [1.165, 1.54) is 21.7 Å². The van der Waals surface area contributed by atoms with Gasteiger partial charge in [0.05, 0.1) is 6.54 Å². The monoisotopic (exact) mass is 281 g/mol. The summed E-state index contributed by atoms with van der Waals surface area (Å²) in [5.41, 5.74) is 5.38. The molecule has 2 amide bonds. The molecule has 1 heterocycles. The molecule has 110 valence electrons. The molecule has 0 fully saturated rings. The van der Waals surface area contributed by atoms with E-state index < -0.39 is 17.8 Å². The number of carboxylic acids is 1. The molecule has 7 heteroatoms. The van der Waals surface area contributed by atoms with Crippen LogP contribution in [0.15, 0.2) is 18.3 Å². The molecule has 0 radical (unpaired) electrons. The average Bonchev–Trinajstić information content (AvgIpc) is 2.73. The zero-order chi connectivity index (χ0) is 15.3. The molecule has 1 rings (SSSR count). The summed E-state index contributed by atoms with van der Waals surface area (Å²) in [5, 5.41) is 8.80. The molecule has 1 aromatic heterocycles. The van der Waals surface area contributed by atoms with Crippen molar-refractivity contribution in [3.8, 4) is 0 Å². The Morgan fingerprint density at radius 1 is 1.40 bits per heavy atom. The van der Waals surface area contributed by atoms with Crippen LogP contribution < -0.4 is 5.73 Å². The average molecular weight is 281 g/mol. The first-order valence-electron chi connectivity index (χ1n) is 6.25. The number of carbonyl (C=O) groups is 3. The van der Waals surface area contributed by atoms with Crippen molar-refractivity contribution in [3.05, 3.63) is 24.0 Å². The van der Waals surface area contributed by atoms with E-state index in [0.29, 0.717) is 6.54 Å². The zero-order valence-electron chi connectivity index (χ0n) is 11.6. The molecule has 7 nitrogen and oxygen atoms in total. The minimum atomic E-state index is -1.04. The maximum absolute atomic E-state index is 12.4. The van der Waals surface area contributed by atoms with E-state index in [1.807, 2.05) is 13.8 Å². The van der Waals surface area contributed by atoms with Gasteiger partial charge in [-0.25, -0.2) is 0 Å². The molecule has 0 aromatic carbocycles. The quantitative estimate of drug-likeness (QED) is 0.742. The lowest BCUT2D eigenvalue weighted by Crippen LogP contribution is -2.41. The predicted octanol–water partition coefficient (Wildman–Crippen LogP) is 0.156. The molecular formula is C13H19N3O4. The van der Waals surface area contributed by atoms with Crippen LogP contribution in [0.2, 0.25) is 0 Å². The Bertz CT molecular complexity index is 507. The van der Waals surface area contributed by atoms with Gasteiger partial charge in [0.15, 0.2) is 0 Å². The van der Waals surface area contributed by atoms with E-state index >= 15 is 0 Å². The molecule has 0 saturated carbocycles. The van der Waals surface area contributed by atoms with Gasteiger partial charge in [0.25, 0.3) is 5.91 Å². The summed E-state index contributed by atoms with van der Waals surface area (Å²) in [6.07, 6.45) is 1.51. The van der Waals surface area contributed by atoms with Crippen LogP contribution in [0.1, 0.15) is 24.3 Å². The standard InChI is InChI=1S/C13H19N3O4/c1-9(2)6-16(7-11(14)17)13(20)10-4-3-5-15(10)8-12(18)19/h3-5,9H,6-8H2,1-2H3,(H2,14,17)(H,18,19). The van der Waals surface area contributed by atoms with Gasteiger partial charge in [-0.05, 0) is 18.1 Å². The number of aliphatic carboxylic acids is 1. The van der Waals surface area contributed by atoms with Crippen LogP contribution in [-0.2, 0) is 16.1 Å². The topological polar surface area (TPSA) is 106 Å². The molecule has 0 aliphatic heterocycles. The molecule has 0 aliphatic rings. The number of aromatic nitrogens is 1. The molecular weight excluding hydrogens is 262 g/mol. The predicted molar refractivity (Wildman–Crippen MR) is 72.0 cm³/mol. The molecule has 20 heavy (non-hydrogen) atoms. The molecule has 0 saturated heterocycles. The highest BCUT2D eigenvalue weighted by atomic mass is 16.4. The van der Waals surface area contributed by atoms with Crippen LogP contribution in [0.4, 0.5) is 0 Å². The van der Waals surface area contributed by atoms with Crippen molar-refractivity contribution in [2.24, 2.45) is 11.7 Å². The molecule has 1 aromatic rings. The van der Waals surface area contributed by atoms with E-state index in [9.17, 15) is 14.4 Å². The van der Waals surface area contributed by atoms with Crippen LogP contribution in [0.5, 0.6) is 0 Å². The Kier molecular flexibility index (Phi) is 5.31. The van der Waals surface area contributed by atoms with E-state index in [-0.39, 0.29) is 24.7 Å². The second-order valence-corrected chi connectivity index (χ2v) is 4.96. The van der Waals surface area contributed by atoms with Crippen molar-refractivity contribution in [2.75, 3.05) is 13.1 Å². The van der Waals surface area contributed by atoms with Gasteiger partial charge in [-0.3, -0.25) is 14.4 Å². The van der Waals surface area contributed by atoms with Gasteiger partial charge in [-0.15, -0.1) is 0 Å². The van der Waals surface area contributed by atoms with Crippen LogP contribution in [0.25, 0.3) is 0 Å². The smallest absolute Gasteiger partial charge is 0.323 e. The first kappa shape index (κ1) is 15.7. The highest BCUT2D eigenvalue weighted by molar-refractivity contribution is 5.95. The van der Waals surface area contributed by atoms with Crippen molar-refractivity contribution in [3.63, 3.8) is 0 Å². The Morgan fingerprint density at radius 3 is 2.55 bits per heavy atom. The highest BCUT2D eigenvalue weighted by Crippen LogP contribution is 2.09. The summed E-state index contributed by atoms with van der Waals surface area (Å²) in [4.78, 5) is 35.5. The molecule has 0 aliphatic carbocycles. The van der Waals surface area contributed by atoms with Crippen molar-refractivity contribution in [1.82, 2.24) is 9.47 Å². The fourth-order valence-corrected chi connectivity index (χ4v) is 1.90. The molecule has 0 atom stereocenters. The van der Waals surface area contributed by atoms with Gasteiger partial charge in [-0.1, -0.05) is 13.8 Å². The normalized spacial score (nSPS) is 10.6. The number of amides is 2. The van der Waals surface area contributed by atoms with Crippen LogP contribution in [0, 0.1) is 5.92 Å². The summed E-state index contributed by atoms with van der Waals surface area (Å²) in [6, 6.07) is 3.12. The molecule has 3 N–H and O–H groups in total. The van der Waals surface area contributed by atoms with Crippen LogP contribution >= 0.6 is 0 Å². The second-order valence-electron chi connectivity index (χ2n) is 4.96. The van der Waals surface area contributed by atoms with E-state index in [0.717, 1.165) is 0 Å². The zero-order valence-corrected chi connectivity index (χ0v) is 11.6. The van der Waals surface area contributed by atoms with Gasteiger partial charge in [-0.2, -0.15) is 0 Å². The van der Waals surface area contributed by atoms with Gasteiger partial charge in [0, 0.05) is 12.7 Å². The molecule has 0 bridgehead atoms. The Hall–Kier alpha value is -2.31. The molecule has 0 unspecified atom stereocenters. The lowest BCUT2D eigenvalue weighted by molar-refractivity contribution is -0.137. The minimum Gasteiger partial charge on any atom is -0.480 e. The largest absolute Gasteiger partial charge is 0.480 e. The van der Waals surface area contributed by atoms with E-state index in [2.05, 4.69) is 0 Å². The van der Waals surface area contributed by atoms with Gasteiger partial charge in [0.1, 0.15) is 12.2 Å². The van der Waals surface area contributed by atoms with Crippen LogP contribution in [0.3, 0.4) is 0 Å². The summed E-state index contributed by atoms with van der Waals surface area (Å²) in [6.45, 7) is 3.71. The van der Waals surface area contributed by atoms with Crippen molar-refractivity contribution in [1.29, 1.82) is 0 Å². The number of nitrogens with two attached hydrogens (primary N) is 1. The number of primary amides is 1. The highest BCUT2D eigenvalue weighted by Gasteiger charge is 2.21. The summed E-state index contributed by atoms with van der Waals surface area (Å²) in [7, 11) is 0. The lowest BCUT2D eigenvalue weighted by Gasteiger charge is -2.23. The Balaban J connectivity index is 2.96. The van der Waals surface area contributed by atoms with Crippen molar-refractivity contribution in [2.45, 2.75) is 20.4 Å². The van der Waals surface area contributed by atoms with Crippen molar-refractivity contribution >= 4 is 17.8 Å². The third kappa shape index (κ3) is 4.42. The third-order valence-corrected chi connectivity index (χ3v) is 2.57. The maximum Gasteiger partial charge on any atom is 0.323 e. The fraction of sp³-hybridized carbons (Fsp3) is 0.462. The number of carboxylic acid groups (broad SMARTS) is 1. The number of hydrogen-bond acceptors (Lipinski definition) is 3. The van der Waals surface area contributed by atoms with Gasteiger partial charge >= 0.3 is 5.97 Å². The number of rotatable bonds is 7. The lowest BCUT2D eigenvalue weighted by atomic mass is 10.2. The third-order valence-electron chi connectivity index (χ3n) is 2.57. The number of carbonyl (C=O) groups excluding carboxylic acids is 2. The van der Waals surface area contributed by atoms with Crippen molar-refractivity contribution < 1.29 is 19.5 Å². The number of hydrogen-bond donors (Lipinski definition) is 2. The fourth-order valence-electron chi connectivity index (χ4n) is 1.90.